The minimum absolute atomic E-state index is 0.307. The van der Waals surface area contributed by atoms with Crippen LogP contribution in [0.1, 0.15) is 46.5 Å². The molecule has 0 radical (unpaired) electrons. The maximum absolute atomic E-state index is 9.91. The summed E-state index contributed by atoms with van der Waals surface area (Å²) in [6, 6.07) is 0. The third-order valence-electron chi connectivity index (χ3n) is 3.52. The molecule has 1 aliphatic carbocycles. The van der Waals surface area contributed by atoms with Crippen molar-refractivity contribution in [2.75, 3.05) is 0 Å². The van der Waals surface area contributed by atoms with Gasteiger partial charge in [-0.2, -0.15) is 0 Å². The number of rotatable bonds is 1. The number of aliphatic hydroxyl groups is 1. The van der Waals surface area contributed by atoms with Crippen molar-refractivity contribution in [3.05, 3.63) is 35.5 Å². The highest BCUT2D eigenvalue weighted by Crippen LogP contribution is 2.25. The fourth-order valence-corrected chi connectivity index (χ4v) is 2.03. The van der Waals surface area contributed by atoms with Gasteiger partial charge in [0.2, 0.25) is 0 Å². The number of hydrogen-bond donors (Lipinski definition) is 1. The molecule has 0 heterocycles. The molecule has 90 valence electrons. The smallest absolute Gasteiger partial charge is 0.0781 e. The van der Waals surface area contributed by atoms with Crippen molar-refractivity contribution in [3.63, 3.8) is 0 Å². The zero-order valence-corrected chi connectivity index (χ0v) is 10.8. The molecule has 0 fully saturated rings. The predicted molar refractivity (Wildman–Crippen MR) is 70.3 cm³/mol. The van der Waals surface area contributed by atoms with E-state index < -0.39 is 0 Å². The molecule has 0 amide bonds. The normalized spacial score (nSPS) is 34.5. The molecule has 1 nitrogen and oxygen atoms in total. The second-order valence-electron chi connectivity index (χ2n) is 5.07. The highest BCUT2D eigenvalue weighted by atomic mass is 16.3. The van der Waals surface area contributed by atoms with Crippen LogP contribution in [0, 0.1) is 5.92 Å². The molecule has 0 aliphatic heterocycles. The Morgan fingerprint density at radius 1 is 1.31 bits per heavy atom. The van der Waals surface area contributed by atoms with E-state index in [1.807, 2.05) is 6.92 Å². The predicted octanol–water partition coefficient (Wildman–Crippen LogP) is 4.01. The quantitative estimate of drug-likeness (QED) is 0.662. The average molecular weight is 220 g/mol. The molecule has 0 saturated carbocycles. The van der Waals surface area contributed by atoms with Gasteiger partial charge >= 0.3 is 0 Å². The summed E-state index contributed by atoms with van der Waals surface area (Å²) in [5.41, 5.74) is 3.74. The molecule has 1 heteroatoms. The van der Waals surface area contributed by atoms with E-state index in [2.05, 4.69) is 32.6 Å². The highest BCUT2D eigenvalue weighted by molar-refractivity contribution is 5.13. The van der Waals surface area contributed by atoms with Crippen molar-refractivity contribution in [1.82, 2.24) is 0 Å². The number of allylic oxidation sites excluding steroid dienone is 3. The van der Waals surface area contributed by atoms with Crippen molar-refractivity contribution in [1.29, 1.82) is 0 Å². The summed E-state index contributed by atoms with van der Waals surface area (Å²) in [5.74, 6) is 0.559. The van der Waals surface area contributed by atoms with Crippen LogP contribution < -0.4 is 0 Å². The lowest BCUT2D eigenvalue weighted by molar-refractivity contribution is 0.213. The molecule has 0 aromatic rings. The van der Waals surface area contributed by atoms with Gasteiger partial charge in [0, 0.05) is 0 Å². The standard InChI is InChI=1S/C15H24O/c1-11(2)14-8-5-12(3)6-10-15(16)13(4)7-9-14/h6-7,14-16H,1,5,8-10H2,2-4H3/b12-6-,13-7+/t14-,15?/m1/s1. The second kappa shape index (κ2) is 6.05. The van der Waals surface area contributed by atoms with Crippen molar-refractivity contribution in [2.24, 2.45) is 5.92 Å². The topological polar surface area (TPSA) is 20.2 Å². The molecule has 0 aromatic heterocycles. The van der Waals surface area contributed by atoms with Crippen LogP contribution in [0.2, 0.25) is 0 Å². The van der Waals surface area contributed by atoms with Crippen LogP contribution in [0.25, 0.3) is 0 Å². The third kappa shape index (κ3) is 3.97. The molecule has 0 aromatic carbocycles. The summed E-state index contributed by atoms with van der Waals surface area (Å²) in [7, 11) is 0. The summed E-state index contributed by atoms with van der Waals surface area (Å²) >= 11 is 0. The zero-order chi connectivity index (χ0) is 12.1. The molecule has 0 bridgehead atoms. The molecule has 1 aliphatic rings. The van der Waals surface area contributed by atoms with Gasteiger partial charge in [-0.25, -0.2) is 0 Å². The largest absolute Gasteiger partial charge is 0.388 e. The summed E-state index contributed by atoms with van der Waals surface area (Å²) < 4.78 is 0. The van der Waals surface area contributed by atoms with Crippen molar-refractivity contribution in [2.45, 2.75) is 52.6 Å². The van der Waals surface area contributed by atoms with Crippen LogP contribution in [0.15, 0.2) is 35.5 Å². The Kier molecular flexibility index (Phi) is 5.01. The van der Waals surface area contributed by atoms with Gasteiger partial charge < -0.3 is 5.11 Å². The number of hydrogen-bond acceptors (Lipinski definition) is 1. The average Bonchev–Trinajstić information content (AvgIpc) is 2.23. The van der Waals surface area contributed by atoms with Gasteiger partial charge in [-0.15, -0.1) is 0 Å². The molecular weight excluding hydrogens is 196 g/mol. The van der Waals surface area contributed by atoms with Crippen molar-refractivity contribution in [3.8, 4) is 0 Å². The first kappa shape index (κ1) is 13.2. The van der Waals surface area contributed by atoms with E-state index in [4.69, 9.17) is 0 Å². The summed E-state index contributed by atoms with van der Waals surface area (Å²) in [5, 5.41) is 9.91. The fourth-order valence-electron chi connectivity index (χ4n) is 2.03. The fraction of sp³-hybridized carbons (Fsp3) is 0.600. The van der Waals surface area contributed by atoms with E-state index in [0.29, 0.717) is 5.92 Å². The van der Waals surface area contributed by atoms with E-state index in [1.165, 1.54) is 17.6 Å². The zero-order valence-electron chi connectivity index (χ0n) is 10.8. The molecule has 1 rings (SSSR count). The summed E-state index contributed by atoms with van der Waals surface area (Å²) in [6.07, 6.45) is 8.12. The first-order valence-electron chi connectivity index (χ1n) is 6.16. The third-order valence-corrected chi connectivity index (χ3v) is 3.52. The Morgan fingerprint density at radius 3 is 2.62 bits per heavy atom. The highest BCUT2D eigenvalue weighted by Gasteiger charge is 2.12. The Morgan fingerprint density at radius 2 is 2.00 bits per heavy atom. The van der Waals surface area contributed by atoms with Crippen LogP contribution >= 0.6 is 0 Å². The van der Waals surface area contributed by atoms with Gasteiger partial charge in [-0.05, 0) is 57.9 Å². The SMILES string of the molecule is C=C(C)[C@H]1C/C=C(\C)C(O)C/C=C(/C)CC1. The van der Waals surface area contributed by atoms with Gasteiger partial charge in [0.1, 0.15) is 0 Å². The first-order chi connectivity index (χ1) is 7.50. The van der Waals surface area contributed by atoms with E-state index >= 15 is 0 Å². The molecular formula is C15H24O. The summed E-state index contributed by atoms with van der Waals surface area (Å²) in [4.78, 5) is 0. The Hall–Kier alpha value is -0.820. The molecule has 0 saturated heterocycles. The lowest BCUT2D eigenvalue weighted by Gasteiger charge is -2.19. The molecule has 16 heavy (non-hydrogen) atoms. The van der Waals surface area contributed by atoms with Crippen LogP contribution in [-0.2, 0) is 0 Å². The maximum atomic E-state index is 9.91. The van der Waals surface area contributed by atoms with E-state index in [1.54, 1.807) is 0 Å². The van der Waals surface area contributed by atoms with Gasteiger partial charge in [0.25, 0.3) is 0 Å². The van der Waals surface area contributed by atoms with Gasteiger partial charge in [0.15, 0.2) is 0 Å². The molecule has 1 unspecified atom stereocenters. The van der Waals surface area contributed by atoms with Gasteiger partial charge in [0.05, 0.1) is 6.10 Å². The second-order valence-corrected chi connectivity index (χ2v) is 5.07. The lowest BCUT2D eigenvalue weighted by Crippen LogP contribution is -2.10. The molecule has 0 spiro atoms. The Balaban J connectivity index is 2.81. The molecule has 2 atom stereocenters. The maximum Gasteiger partial charge on any atom is 0.0781 e. The van der Waals surface area contributed by atoms with Crippen LogP contribution in [0.4, 0.5) is 0 Å². The van der Waals surface area contributed by atoms with Gasteiger partial charge in [-0.3, -0.25) is 0 Å². The number of aliphatic hydroxyl groups excluding tert-OH is 1. The van der Waals surface area contributed by atoms with E-state index in [0.717, 1.165) is 24.8 Å². The van der Waals surface area contributed by atoms with Crippen LogP contribution in [-0.4, -0.2) is 11.2 Å². The first-order valence-corrected chi connectivity index (χ1v) is 6.16. The van der Waals surface area contributed by atoms with Crippen LogP contribution in [0.5, 0.6) is 0 Å². The van der Waals surface area contributed by atoms with Gasteiger partial charge in [-0.1, -0.05) is 29.9 Å². The van der Waals surface area contributed by atoms with Crippen molar-refractivity contribution < 1.29 is 5.11 Å². The van der Waals surface area contributed by atoms with E-state index in [9.17, 15) is 5.11 Å². The monoisotopic (exact) mass is 220 g/mol. The van der Waals surface area contributed by atoms with E-state index in [-0.39, 0.29) is 6.10 Å². The van der Waals surface area contributed by atoms with Crippen molar-refractivity contribution >= 4 is 0 Å². The Bertz CT molecular complexity index is 309. The molecule has 1 N–H and O–H groups in total. The lowest BCUT2D eigenvalue weighted by atomic mass is 9.88. The minimum atomic E-state index is -0.307. The Labute approximate surface area is 99.6 Å². The summed E-state index contributed by atoms with van der Waals surface area (Å²) in [6.45, 7) is 10.3. The minimum Gasteiger partial charge on any atom is -0.388 e. The van der Waals surface area contributed by atoms with Crippen LogP contribution in [0.3, 0.4) is 0 Å².